The lowest BCUT2D eigenvalue weighted by Crippen LogP contribution is -2.35. The fraction of sp³-hybridized carbons (Fsp3) is 0.333. The highest BCUT2D eigenvalue weighted by atomic mass is 16.5. The molecule has 1 heterocycles. The topological polar surface area (TPSA) is 68.5 Å². The fourth-order valence-corrected chi connectivity index (χ4v) is 2.71. The molecule has 120 valence electrons. The van der Waals surface area contributed by atoms with Gasteiger partial charge in [-0.15, -0.1) is 0 Å². The first-order valence-electron chi connectivity index (χ1n) is 7.76. The molecular weight excluding hydrogens is 294 g/mol. The van der Waals surface area contributed by atoms with E-state index in [0.29, 0.717) is 11.3 Å². The molecule has 0 saturated carbocycles. The third-order valence-electron chi connectivity index (χ3n) is 4.00. The van der Waals surface area contributed by atoms with Gasteiger partial charge >= 0.3 is 5.97 Å². The lowest BCUT2D eigenvalue weighted by molar-refractivity contribution is -0.129. The molecule has 0 bridgehead atoms. The van der Waals surface area contributed by atoms with Gasteiger partial charge in [0.25, 0.3) is 5.91 Å². The summed E-state index contributed by atoms with van der Waals surface area (Å²) in [5.41, 5.74) is 3.00. The maximum Gasteiger partial charge on any atom is 0.338 e. The number of hydrogen-bond acceptors (Lipinski definition) is 4. The van der Waals surface area contributed by atoms with Gasteiger partial charge in [-0.25, -0.2) is 4.79 Å². The summed E-state index contributed by atoms with van der Waals surface area (Å²) in [6.45, 7) is 1.83. The number of carbonyl (C=O) groups is 2. The fourth-order valence-electron chi connectivity index (χ4n) is 2.71. The second kappa shape index (κ2) is 6.69. The molecule has 1 aromatic heterocycles. The molecule has 5 heteroatoms. The molecule has 1 aliphatic rings. The average molecular weight is 313 g/mol. The molecule has 0 radical (unpaired) electrons. The number of aryl methyl sites for hydroxylation is 2. The predicted molar refractivity (Wildman–Crippen MR) is 83.9 cm³/mol. The van der Waals surface area contributed by atoms with Crippen LogP contribution in [0.25, 0.3) is 0 Å². The molecule has 1 amide bonds. The van der Waals surface area contributed by atoms with Crippen LogP contribution in [0.2, 0.25) is 0 Å². The van der Waals surface area contributed by atoms with Crippen LogP contribution < -0.4 is 5.32 Å². The molecule has 0 unspecified atom stereocenters. The Labute approximate surface area is 134 Å². The number of rotatable bonds is 5. The summed E-state index contributed by atoms with van der Waals surface area (Å²) in [4.78, 5) is 24.1. The lowest BCUT2D eigenvalue weighted by atomic mass is 10.1. The number of furan rings is 1. The Kier molecular flexibility index (Phi) is 4.46. The molecule has 0 fully saturated rings. The van der Waals surface area contributed by atoms with Gasteiger partial charge in [0.2, 0.25) is 0 Å². The lowest BCUT2D eigenvalue weighted by Gasteiger charge is -2.13. The number of carbonyl (C=O) groups excluding carboxylic acids is 2. The highest BCUT2D eigenvalue weighted by Crippen LogP contribution is 2.23. The van der Waals surface area contributed by atoms with E-state index in [2.05, 4.69) is 5.32 Å². The van der Waals surface area contributed by atoms with Gasteiger partial charge in [0.1, 0.15) is 5.76 Å². The summed E-state index contributed by atoms with van der Waals surface area (Å²) >= 11 is 0. The van der Waals surface area contributed by atoms with Crippen LogP contribution in [0.5, 0.6) is 0 Å². The van der Waals surface area contributed by atoms with E-state index < -0.39 is 12.1 Å². The van der Waals surface area contributed by atoms with Crippen molar-refractivity contribution in [2.45, 2.75) is 38.8 Å². The third-order valence-corrected chi connectivity index (χ3v) is 4.00. The van der Waals surface area contributed by atoms with E-state index in [4.69, 9.17) is 9.15 Å². The quantitative estimate of drug-likeness (QED) is 0.862. The van der Waals surface area contributed by atoms with Crippen LogP contribution in [0.3, 0.4) is 0 Å². The van der Waals surface area contributed by atoms with E-state index in [0.717, 1.165) is 19.3 Å². The number of fused-ring (bicyclic) bond motifs is 1. The molecule has 1 aliphatic carbocycles. The summed E-state index contributed by atoms with van der Waals surface area (Å²) in [6, 6.07) is 9.12. The van der Waals surface area contributed by atoms with E-state index in [1.165, 1.54) is 11.1 Å². The van der Waals surface area contributed by atoms with E-state index in [1.807, 2.05) is 12.1 Å². The Morgan fingerprint density at radius 2 is 2.09 bits per heavy atom. The summed E-state index contributed by atoms with van der Waals surface area (Å²) < 4.78 is 10.4. The molecule has 0 aliphatic heterocycles. The van der Waals surface area contributed by atoms with Crippen LogP contribution >= 0.6 is 0 Å². The Balaban J connectivity index is 1.55. The van der Waals surface area contributed by atoms with Crippen molar-refractivity contribution in [1.29, 1.82) is 0 Å². The predicted octanol–water partition coefficient (Wildman–Crippen LogP) is 2.63. The Bertz CT molecular complexity index is 706. The average Bonchev–Trinajstić information content (AvgIpc) is 3.22. The van der Waals surface area contributed by atoms with Crippen molar-refractivity contribution in [2.24, 2.45) is 0 Å². The second-order valence-electron chi connectivity index (χ2n) is 5.68. The minimum atomic E-state index is -0.856. The van der Waals surface area contributed by atoms with Crippen molar-refractivity contribution >= 4 is 11.9 Å². The molecular formula is C18H19NO4. The zero-order chi connectivity index (χ0) is 16.2. The SMILES string of the molecule is C[C@@H](OC(=O)c1ccc2c(c1)CCC2)C(=O)NCc1ccco1. The van der Waals surface area contributed by atoms with Gasteiger partial charge in [-0.05, 0) is 61.6 Å². The number of amides is 1. The normalized spacial score (nSPS) is 14.1. The molecule has 1 aromatic carbocycles. The molecule has 5 nitrogen and oxygen atoms in total. The van der Waals surface area contributed by atoms with Crippen LogP contribution in [0.15, 0.2) is 41.0 Å². The summed E-state index contributed by atoms with van der Waals surface area (Å²) in [5.74, 6) is -0.174. The Morgan fingerprint density at radius 1 is 1.26 bits per heavy atom. The van der Waals surface area contributed by atoms with Crippen LogP contribution in [0.4, 0.5) is 0 Å². The minimum absolute atomic E-state index is 0.270. The van der Waals surface area contributed by atoms with Gasteiger partial charge in [-0.3, -0.25) is 4.79 Å². The number of benzene rings is 1. The monoisotopic (exact) mass is 313 g/mol. The molecule has 23 heavy (non-hydrogen) atoms. The van der Waals surface area contributed by atoms with Crippen molar-refractivity contribution in [3.05, 3.63) is 59.0 Å². The standard InChI is InChI=1S/C18H19NO4/c1-12(17(20)19-11-16-6-3-9-22-16)23-18(21)15-8-7-13-4-2-5-14(13)10-15/h3,6-10,12H,2,4-5,11H2,1H3,(H,19,20)/t12-/m1/s1. The first-order valence-corrected chi connectivity index (χ1v) is 7.76. The van der Waals surface area contributed by atoms with E-state index >= 15 is 0 Å². The Hall–Kier alpha value is -2.56. The van der Waals surface area contributed by atoms with Gasteiger partial charge < -0.3 is 14.5 Å². The number of hydrogen-bond donors (Lipinski definition) is 1. The van der Waals surface area contributed by atoms with Crippen molar-refractivity contribution in [3.8, 4) is 0 Å². The number of esters is 1. The van der Waals surface area contributed by atoms with Crippen molar-refractivity contribution in [3.63, 3.8) is 0 Å². The summed E-state index contributed by atoms with van der Waals surface area (Å²) in [6.07, 6.45) is 3.87. The van der Waals surface area contributed by atoms with E-state index in [9.17, 15) is 9.59 Å². The van der Waals surface area contributed by atoms with Gasteiger partial charge in [-0.1, -0.05) is 6.07 Å². The first kappa shape index (κ1) is 15.3. The van der Waals surface area contributed by atoms with Crippen molar-refractivity contribution < 1.29 is 18.7 Å². The maximum absolute atomic E-state index is 12.2. The smallest absolute Gasteiger partial charge is 0.338 e. The molecule has 0 saturated heterocycles. The first-order chi connectivity index (χ1) is 11.1. The molecule has 1 atom stereocenters. The molecule has 0 spiro atoms. The largest absolute Gasteiger partial charge is 0.467 e. The van der Waals surface area contributed by atoms with E-state index in [-0.39, 0.29) is 12.5 Å². The van der Waals surface area contributed by atoms with Gasteiger partial charge in [0, 0.05) is 0 Å². The van der Waals surface area contributed by atoms with Gasteiger partial charge in [0.15, 0.2) is 6.10 Å². The van der Waals surface area contributed by atoms with E-state index in [1.54, 1.807) is 31.4 Å². The van der Waals surface area contributed by atoms with Crippen LogP contribution in [-0.2, 0) is 28.9 Å². The summed E-state index contributed by atoms with van der Waals surface area (Å²) in [5, 5.41) is 2.67. The Morgan fingerprint density at radius 3 is 2.87 bits per heavy atom. The highest BCUT2D eigenvalue weighted by molar-refractivity contribution is 5.92. The van der Waals surface area contributed by atoms with Gasteiger partial charge in [-0.2, -0.15) is 0 Å². The van der Waals surface area contributed by atoms with Gasteiger partial charge in [0.05, 0.1) is 18.4 Å². The third kappa shape index (κ3) is 3.62. The zero-order valence-electron chi connectivity index (χ0n) is 13.0. The molecule has 2 aromatic rings. The van der Waals surface area contributed by atoms with Crippen LogP contribution in [0, 0.1) is 0 Å². The van der Waals surface area contributed by atoms with Crippen LogP contribution in [-0.4, -0.2) is 18.0 Å². The maximum atomic E-state index is 12.2. The minimum Gasteiger partial charge on any atom is -0.467 e. The number of nitrogens with one attached hydrogen (secondary N) is 1. The second-order valence-corrected chi connectivity index (χ2v) is 5.68. The zero-order valence-corrected chi connectivity index (χ0v) is 13.0. The summed E-state index contributed by atoms with van der Waals surface area (Å²) in [7, 11) is 0. The molecule has 3 rings (SSSR count). The highest BCUT2D eigenvalue weighted by Gasteiger charge is 2.20. The van der Waals surface area contributed by atoms with Crippen molar-refractivity contribution in [1.82, 2.24) is 5.32 Å². The van der Waals surface area contributed by atoms with Crippen LogP contribution in [0.1, 0.15) is 40.6 Å². The number of ether oxygens (including phenoxy) is 1. The van der Waals surface area contributed by atoms with Crippen molar-refractivity contribution in [2.75, 3.05) is 0 Å². The molecule has 1 N–H and O–H groups in total.